The van der Waals surface area contributed by atoms with Gasteiger partial charge in [0.25, 0.3) is 0 Å². The van der Waals surface area contributed by atoms with E-state index >= 15 is 0 Å². The Balaban J connectivity index is 2.26. The van der Waals surface area contributed by atoms with Gasteiger partial charge in [-0.25, -0.2) is 4.98 Å². The third-order valence-electron chi connectivity index (χ3n) is 2.18. The monoisotopic (exact) mass is 244 g/mol. The molecule has 0 bridgehead atoms. The summed E-state index contributed by atoms with van der Waals surface area (Å²) in [6.45, 7) is 2.04. The molecule has 1 N–H and O–H groups in total. The van der Waals surface area contributed by atoms with Crippen LogP contribution in [0.4, 0.5) is 0 Å². The Kier molecular flexibility index (Phi) is 3.86. The van der Waals surface area contributed by atoms with Crippen LogP contribution in [0.5, 0.6) is 0 Å². The molecule has 86 valence electrons. The molecule has 2 heterocycles. The van der Waals surface area contributed by atoms with Gasteiger partial charge in [0.05, 0.1) is 10.7 Å². The molecule has 0 spiro atoms. The van der Waals surface area contributed by atoms with Gasteiger partial charge in [-0.1, -0.05) is 5.92 Å². The van der Waals surface area contributed by atoms with Crippen LogP contribution in [0, 0.1) is 18.8 Å². The standard InChI is InChI=1S/C13H12N2OS/c1-10-15-12(9-17-10)5-4-11-3-2-7-14-13(11)6-8-16/h2-3,7,9,16H,6,8H2,1H3. The molecule has 2 aromatic heterocycles. The Bertz CT molecular complexity index is 566. The number of aliphatic hydroxyl groups excluding tert-OH is 1. The first kappa shape index (κ1) is 11.8. The van der Waals surface area contributed by atoms with E-state index in [0.717, 1.165) is 22.0 Å². The van der Waals surface area contributed by atoms with Gasteiger partial charge in [0.15, 0.2) is 0 Å². The number of aryl methyl sites for hydroxylation is 1. The summed E-state index contributed by atoms with van der Waals surface area (Å²) in [6, 6.07) is 3.75. The maximum atomic E-state index is 8.93. The van der Waals surface area contributed by atoms with Crippen LogP contribution in [-0.2, 0) is 6.42 Å². The maximum absolute atomic E-state index is 8.93. The molecule has 0 saturated heterocycles. The van der Waals surface area contributed by atoms with Crippen LogP contribution in [0.25, 0.3) is 0 Å². The Morgan fingerprint density at radius 1 is 1.41 bits per heavy atom. The van der Waals surface area contributed by atoms with E-state index in [1.807, 2.05) is 24.4 Å². The smallest absolute Gasteiger partial charge is 0.124 e. The molecule has 2 aromatic rings. The minimum Gasteiger partial charge on any atom is -0.396 e. The van der Waals surface area contributed by atoms with E-state index in [1.54, 1.807) is 17.5 Å². The second-order valence-electron chi connectivity index (χ2n) is 3.47. The normalized spacial score (nSPS) is 9.76. The highest BCUT2D eigenvalue weighted by atomic mass is 32.1. The fourth-order valence-corrected chi connectivity index (χ4v) is 1.95. The van der Waals surface area contributed by atoms with Crippen LogP contribution in [0.1, 0.15) is 22.0 Å². The lowest BCUT2D eigenvalue weighted by Gasteiger charge is -1.99. The summed E-state index contributed by atoms with van der Waals surface area (Å²) in [6.07, 6.45) is 2.24. The van der Waals surface area contributed by atoms with Crippen molar-refractivity contribution in [2.24, 2.45) is 0 Å². The third kappa shape index (κ3) is 3.13. The van der Waals surface area contributed by atoms with E-state index in [0.29, 0.717) is 6.42 Å². The van der Waals surface area contributed by atoms with Crippen molar-refractivity contribution in [3.05, 3.63) is 45.7 Å². The largest absolute Gasteiger partial charge is 0.396 e. The van der Waals surface area contributed by atoms with E-state index in [4.69, 9.17) is 5.11 Å². The van der Waals surface area contributed by atoms with Crippen molar-refractivity contribution in [2.75, 3.05) is 6.61 Å². The van der Waals surface area contributed by atoms with Crippen LogP contribution in [0.3, 0.4) is 0 Å². The summed E-state index contributed by atoms with van der Waals surface area (Å²) in [5.74, 6) is 6.06. The Morgan fingerprint density at radius 2 is 2.29 bits per heavy atom. The summed E-state index contributed by atoms with van der Waals surface area (Å²) in [5.41, 5.74) is 2.47. The number of nitrogens with zero attached hydrogens (tertiary/aromatic N) is 2. The van der Waals surface area contributed by atoms with Crippen LogP contribution < -0.4 is 0 Å². The number of hydrogen-bond acceptors (Lipinski definition) is 4. The lowest BCUT2D eigenvalue weighted by molar-refractivity contribution is 0.298. The zero-order valence-electron chi connectivity index (χ0n) is 9.47. The zero-order valence-corrected chi connectivity index (χ0v) is 10.3. The van der Waals surface area contributed by atoms with Crippen LogP contribution in [0.2, 0.25) is 0 Å². The lowest BCUT2D eigenvalue weighted by atomic mass is 10.1. The molecule has 0 atom stereocenters. The zero-order chi connectivity index (χ0) is 12.1. The van der Waals surface area contributed by atoms with Gasteiger partial charge in [0.2, 0.25) is 0 Å². The summed E-state index contributed by atoms with van der Waals surface area (Å²) >= 11 is 1.58. The van der Waals surface area contributed by atoms with Crippen molar-refractivity contribution in [1.82, 2.24) is 9.97 Å². The highest BCUT2D eigenvalue weighted by molar-refractivity contribution is 7.09. The molecular formula is C13H12N2OS. The fraction of sp³-hybridized carbons (Fsp3) is 0.231. The highest BCUT2D eigenvalue weighted by Gasteiger charge is 1.99. The van der Waals surface area contributed by atoms with Crippen molar-refractivity contribution in [2.45, 2.75) is 13.3 Å². The van der Waals surface area contributed by atoms with Gasteiger partial charge in [-0.15, -0.1) is 11.3 Å². The molecule has 0 radical (unpaired) electrons. The van der Waals surface area contributed by atoms with Crippen LogP contribution in [-0.4, -0.2) is 21.7 Å². The molecule has 0 aliphatic rings. The first-order chi connectivity index (χ1) is 8.29. The molecule has 0 aliphatic carbocycles. The number of aromatic nitrogens is 2. The van der Waals surface area contributed by atoms with E-state index in [9.17, 15) is 0 Å². The van der Waals surface area contributed by atoms with E-state index in [2.05, 4.69) is 21.8 Å². The average Bonchev–Trinajstić information content (AvgIpc) is 2.74. The minimum absolute atomic E-state index is 0.0848. The molecule has 0 aromatic carbocycles. The van der Waals surface area contributed by atoms with Gasteiger partial charge in [-0.2, -0.15) is 0 Å². The molecule has 17 heavy (non-hydrogen) atoms. The average molecular weight is 244 g/mol. The van der Waals surface area contributed by atoms with Crippen molar-refractivity contribution >= 4 is 11.3 Å². The van der Waals surface area contributed by atoms with Gasteiger partial charge >= 0.3 is 0 Å². The van der Waals surface area contributed by atoms with Crippen molar-refractivity contribution in [3.8, 4) is 11.8 Å². The predicted octanol–water partition coefficient (Wildman–Crippen LogP) is 1.78. The van der Waals surface area contributed by atoms with E-state index in [1.165, 1.54) is 0 Å². The first-order valence-corrected chi connectivity index (χ1v) is 6.16. The first-order valence-electron chi connectivity index (χ1n) is 5.28. The number of rotatable bonds is 2. The molecule has 0 unspecified atom stereocenters. The Hall–Kier alpha value is -1.70. The number of pyridine rings is 1. The SMILES string of the molecule is Cc1nc(C#Cc2cccnc2CCO)cs1. The molecule has 0 fully saturated rings. The Labute approximate surface area is 104 Å². The topological polar surface area (TPSA) is 46.0 Å². The van der Waals surface area contributed by atoms with E-state index < -0.39 is 0 Å². The lowest BCUT2D eigenvalue weighted by Crippen LogP contribution is -1.97. The van der Waals surface area contributed by atoms with Gasteiger partial charge in [0.1, 0.15) is 5.69 Å². The predicted molar refractivity (Wildman–Crippen MR) is 67.9 cm³/mol. The van der Waals surface area contributed by atoms with E-state index in [-0.39, 0.29) is 6.61 Å². The van der Waals surface area contributed by atoms with Crippen molar-refractivity contribution < 1.29 is 5.11 Å². The molecule has 0 aliphatic heterocycles. The second kappa shape index (κ2) is 5.58. The Morgan fingerprint density at radius 3 is 3.00 bits per heavy atom. The summed E-state index contributed by atoms with van der Waals surface area (Å²) in [7, 11) is 0. The summed E-state index contributed by atoms with van der Waals surface area (Å²) in [5, 5.41) is 11.9. The molecule has 2 rings (SSSR count). The van der Waals surface area contributed by atoms with Crippen molar-refractivity contribution in [1.29, 1.82) is 0 Å². The number of thiazole rings is 1. The van der Waals surface area contributed by atoms with Crippen LogP contribution in [0.15, 0.2) is 23.7 Å². The molecule has 3 nitrogen and oxygen atoms in total. The maximum Gasteiger partial charge on any atom is 0.124 e. The number of aliphatic hydroxyl groups is 1. The van der Waals surface area contributed by atoms with Gasteiger partial charge in [-0.05, 0) is 25.0 Å². The molecular weight excluding hydrogens is 232 g/mol. The molecule has 4 heteroatoms. The summed E-state index contributed by atoms with van der Waals surface area (Å²) < 4.78 is 0. The van der Waals surface area contributed by atoms with Crippen molar-refractivity contribution in [3.63, 3.8) is 0 Å². The third-order valence-corrected chi connectivity index (χ3v) is 2.96. The quantitative estimate of drug-likeness (QED) is 0.819. The minimum atomic E-state index is 0.0848. The van der Waals surface area contributed by atoms with Gasteiger partial charge in [0, 0.05) is 30.2 Å². The molecule has 0 saturated carbocycles. The van der Waals surface area contributed by atoms with Crippen LogP contribution >= 0.6 is 11.3 Å². The van der Waals surface area contributed by atoms with Gasteiger partial charge in [-0.3, -0.25) is 4.98 Å². The highest BCUT2D eigenvalue weighted by Crippen LogP contribution is 2.08. The fourth-order valence-electron chi connectivity index (χ4n) is 1.41. The summed E-state index contributed by atoms with van der Waals surface area (Å²) in [4.78, 5) is 8.48. The number of hydrogen-bond donors (Lipinski definition) is 1. The van der Waals surface area contributed by atoms with Gasteiger partial charge < -0.3 is 5.11 Å². The second-order valence-corrected chi connectivity index (χ2v) is 4.54. The molecule has 0 amide bonds.